The molecule has 0 bridgehead atoms. The van der Waals surface area contributed by atoms with Crippen LogP contribution >= 0.6 is 11.8 Å². The summed E-state index contributed by atoms with van der Waals surface area (Å²) in [5.41, 5.74) is 1.97. The van der Waals surface area contributed by atoms with Crippen LogP contribution in [0, 0.1) is 0 Å². The quantitative estimate of drug-likeness (QED) is 0.116. The summed E-state index contributed by atoms with van der Waals surface area (Å²) in [5.74, 6) is 0.820. The Bertz CT molecular complexity index is 1690. The van der Waals surface area contributed by atoms with Crippen LogP contribution in [0.3, 0.4) is 0 Å². The Balaban J connectivity index is 1.48. The highest BCUT2D eigenvalue weighted by Crippen LogP contribution is 2.32. The maximum absolute atomic E-state index is 13.5. The normalized spacial score (nSPS) is 11.5. The van der Waals surface area contributed by atoms with Crippen LogP contribution in [0.15, 0.2) is 102 Å². The van der Waals surface area contributed by atoms with Crippen LogP contribution in [0.2, 0.25) is 0 Å². The molecule has 4 aromatic rings. The fourth-order valence-corrected chi connectivity index (χ4v) is 5.19. The van der Waals surface area contributed by atoms with E-state index in [2.05, 4.69) is 16.0 Å². The number of methoxy groups -OCH3 is 4. The molecule has 10 nitrogen and oxygen atoms in total. The zero-order valence-corrected chi connectivity index (χ0v) is 26.9. The first-order valence-electron chi connectivity index (χ1n) is 14.2. The molecule has 1 unspecified atom stereocenters. The van der Waals surface area contributed by atoms with Gasteiger partial charge in [-0.3, -0.25) is 14.4 Å². The second-order valence-corrected chi connectivity index (χ2v) is 11.2. The largest absolute Gasteiger partial charge is 0.497 e. The number of carbonyl (C=O) groups is 3. The van der Waals surface area contributed by atoms with E-state index in [-0.39, 0.29) is 11.6 Å². The molecule has 11 heteroatoms. The number of anilines is 2. The fourth-order valence-electron chi connectivity index (χ4n) is 4.32. The molecule has 0 spiro atoms. The van der Waals surface area contributed by atoms with E-state index in [1.165, 1.54) is 32.1 Å². The smallest absolute Gasteiger partial charge is 0.272 e. The molecule has 0 aliphatic carbocycles. The number of para-hydroxylation sites is 1. The second kappa shape index (κ2) is 16.1. The molecule has 3 amide bonds. The Hall–Kier alpha value is -5.42. The Morgan fingerprint density at radius 3 is 2.00 bits per heavy atom. The lowest BCUT2D eigenvalue weighted by atomic mass is 10.1. The summed E-state index contributed by atoms with van der Waals surface area (Å²) in [6.07, 6.45) is 1.53. The predicted octanol–water partition coefficient (Wildman–Crippen LogP) is 6.25. The Kier molecular flexibility index (Phi) is 11.7. The van der Waals surface area contributed by atoms with Crippen molar-refractivity contribution in [1.29, 1.82) is 0 Å². The predicted molar refractivity (Wildman–Crippen MR) is 180 cm³/mol. The summed E-state index contributed by atoms with van der Waals surface area (Å²) in [4.78, 5) is 40.3. The van der Waals surface area contributed by atoms with Crippen LogP contribution in [0.4, 0.5) is 11.4 Å². The highest BCUT2D eigenvalue weighted by molar-refractivity contribution is 8.00. The molecular weight excluding hydrogens is 606 g/mol. The number of nitrogens with one attached hydrogen (secondary N) is 3. The minimum Gasteiger partial charge on any atom is -0.497 e. The molecule has 0 aromatic heterocycles. The third-order valence-electron chi connectivity index (χ3n) is 6.68. The van der Waals surface area contributed by atoms with E-state index in [1.54, 1.807) is 112 Å². The van der Waals surface area contributed by atoms with Gasteiger partial charge in [0.15, 0.2) is 11.5 Å². The number of hydrogen-bond acceptors (Lipinski definition) is 8. The first-order chi connectivity index (χ1) is 22.2. The third kappa shape index (κ3) is 8.82. The van der Waals surface area contributed by atoms with Crippen LogP contribution in [-0.4, -0.2) is 51.4 Å². The van der Waals surface area contributed by atoms with Crippen LogP contribution < -0.4 is 34.9 Å². The average molecular weight is 642 g/mol. The molecule has 0 fully saturated rings. The number of thioether (sulfide) groups is 1. The highest BCUT2D eigenvalue weighted by Gasteiger charge is 2.19. The lowest BCUT2D eigenvalue weighted by Gasteiger charge is -2.15. The van der Waals surface area contributed by atoms with Gasteiger partial charge in [-0.25, -0.2) is 0 Å². The summed E-state index contributed by atoms with van der Waals surface area (Å²) >= 11 is 1.36. The Morgan fingerprint density at radius 1 is 0.717 bits per heavy atom. The van der Waals surface area contributed by atoms with E-state index in [9.17, 15) is 14.4 Å². The standard InChI is InChI=1S/C35H35N3O7S/c1-22(33(39)37-26-19-27(42-2)21-28(20-26)43-3)46-29-16-14-25(15-17-29)36-35(41)30(38-34(40)23-10-7-6-8-11-23)18-24-12-9-13-31(44-4)32(24)45-5/h6-22H,1-5H3,(H,36,41)(H,37,39)(H,38,40)/b30-18-. The second-order valence-electron chi connectivity index (χ2n) is 9.79. The lowest BCUT2D eigenvalue weighted by molar-refractivity contribution is -0.115. The lowest BCUT2D eigenvalue weighted by Crippen LogP contribution is -2.30. The zero-order valence-electron chi connectivity index (χ0n) is 26.1. The zero-order chi connectivity index (χ0) is 33.1. The fraction of sp³-hybridized carbons (Fsp3) is 0.171. The van der Waals surface area contributed by atoms with Crippen molar-refractivity contribution in [1.82, 2.24) is 5.32 Å². The van der Waals surface area contributed by atoms with Crippen molar-refractivity contribution in [2.75, 3.05) is 39.1 Å². The summed E-state index contributed by atoms with van der Waals surface area (Å²) < 4.78 is 21.5. The molecule has 4 aromatic carbocycles. The van der Waals surface area contributed by atoms with Gasteiger partial charge in [-0.1, -0.05) is 30.3 Å². The molecule has 46 heavy (non-hydrogen) atoms. The van der Waals surface area contributed by atoms with E-state index in [1.807, 2.05) is 0 Å². The molecule has 238 valence electrons. The van der Waals surface area contributed by atoms with Gasteiger partial charge in [-0.2, -0.15) is 0 Å². The van der Waals surface area contributed by atoms with Crippen molar-refractivity contribution in [2.45, 2.75) is 17.1 Å². The minimum atomic E-state index is -0.545. The molecule has 1 atom stereocenters. The Labute approximate surface area is 272 Å². The summed E-state index contributed by atoms with van der Waals surface area (Å²) in [5, 5.41) is 8.02. The molecule has 0 heterocycles. The summed E-state index contributed by atoms with van der Waals surface area (Å²) in [6, 6.07) is 26.0. The van der Waals surface area contributed by atoms with Gasteiger partial charge >= 0.3 is 0 Å². The number of benzene rings is 4. The first-order valence-corrected chi connectivity index (χ1v) is 15.0. The third-order valence-corrected chi connectivity index (χ3v) is 7.79. The van der Waals surface area contributed by atoms with Crippen LogP contribution in [-0.2, 0) is 9.59 Å². The van der Waals surface area contributed by atoms with Crippen molar-refractivity contribution >= 4 is 46.9 Å². The van der Waals surface area contributed by atoms with E-state index in [0.717, 1.165) is 4.90 Å². The topological polar surface area (TPSA) is 124 Å². The van der Waals surface area contributed by atoms with Gasteiger partial charge in [0.05, 0.1) is 33.7 Å². The van der Waals surface area contributed by atoms with E-state index in [0.29, 0.717) is 45.5 Å². The van der Waals surface area contributed by atoms with Gasteiger partial charge in [-0.05, 0) is 55.5 Å². The van der Waals surface area contributed by atoms with Crippen molar-refractivity contribution in [3.05, 3.63) is 108 Å². The molecule has 3 N–H and O–H groups in total. The SMILES string of the molecule is COc1cc(NC(=O)C(C)Sc2ccc(NC(=O)/C(=C/c3cccc(OC)c3OC)NC(=O)c3ccccc3)cc2)cc(OC)c1. The van der Waals surface area contributed by atoms with E-state index < -0.39 is 17.1 Å². The monoisotopic (exact) mass is 641 g/mol. The summed E-state index contributed by atoms with van der Waals surface area (Å²) in [6.45, 7) is 1.80. The maximum Gasteiger partial charge on any atom is 0.272 e. The van der Waals surface area contributed by atoms with E-state index in [4.69, 9.17) is 18.9 Å². The van der Waals surface area contributed by atoms with Gasteiger partial charge in [0.25, 0.3) is 11.8 Å². The van der Waals surface area contributed by atoms with Crippen LogP contribution in [0.1, 0.15) is 22.8 Å². The van der Waals surface area contributed by atoms with Gasteiger partial charge in [-0.15, -0.1) is 11.8 Å². The van der Waals surface area contributed by atoms with Gasteiger partial charge in [0, 0.05) is 45.6 Å². The van der Waals surface area contributed by atoms with Crippen molar-refractivity contribution in [2.24, 2.45) is 0 Å². The van der Waals surface area contributed by atoms with Gasteiger partial charge in [0.1, 0.15) is 17.2 Å². The first kappa shape index (κ1) is 33.5. The number of amides is 3. The van der Waals surface area contributed by atoms with Crippen LogP contribution in [0.5, 0.6) is 23.0 Å². The molecule has 0 radical (unpaired) electrons. The minimum absolute atomic E-state index is 0.00155. The number of carbonyl (C=O) groups excluding carboxylic acids is 3. The summed E-state index contributed by atoms with van der Waals surface area (Å²) in [7, 11) is 6.10. The molecule has 0 aliphatic rings. The molecule has 4 rings (SSSR count). The average Bonchev–Trinajstić information content (AvgIpc) is 3.08. The Morgan fingerprint density at radius 2 is 1.39 bits per heavy atom. The highest BCUT2D eigenvalue weighted by atomic mass is 32.2. The van der Waals surface area contributed by atoms with Gasteiger partial charge < -0.3 is 34.9 Å². The van der Waals surface area contributed by atoms with Crippen molar-refractivity contribution < 1.29 is 33.3 Å². The van der Waals surface area contributed by atoms with E-state index >= 15 is 0 Å². The molecular formula is C35H35N3O7S. The molecule has 0 aliphatic heterocycles. The molecule has 0 saturated heterocycles. The van der Waals surface area contributed by atoms with Crippen molar-refractivity contribution in [3.63, 3.8) is 0 Å². The van der Waals surface area contributed by atoms with Crippen LogP contribution in [0.25, 0.3) is 6.08 Å². The number of hydrogen-bond donors (Lipinski definition) is 3. The maximum atomic E-state index is 13.5. The molecule has 0 saturated carbocycles. The van der Waals surface area contributed by atoms with Crippen molar-refractivity contribution in [3.8, 4) is 23.0 Å². The number of rotatable bonds is 13. The van der Waals surface area contributed by atoms with Gasteiger partial charge in [0.2, 0.25) is 5.91 Å². The number of ether oxygens (including phenoxy) is 4.